The molecule has 0 bridgehead atoms. The zero-order valence-corrected chi connectivity index (χ0v) is 48.7. The molecule has 1 aromatic carbocycles. The van der Waals surface area contributed by atoms with E-state index in [4.69, 9.17) is 4.74 Å². The van der Waals surface area contributed by atoms with Crippen LogP contribution in [-0.4, -0.2) is 189 Å². The average molecular weight is 1650 g/mol. The summed E-state index contributed by atoms with van der Waals surface area (Å²) in [7, 11) is 0. The van der Waals surface area contributed by atoms with E-state index in [0.717, 1.165) is 18.2 Å². The smallest absolute Gasteiger partial charge is 0.381 e. The molecule has 102 heavy (non-hydrogen) atoms. The first-order valence-corrected chi connectivity index (χ1v) is 26.1. The van der Waals surface area contributed by atoms with Gasteiger partial charge in [0, 0.05) is 44.8 Å². The topological polar surface area (TPSA) is 36.9 Å². The molecule has 0 aliphatic rings. The largest absolute Gasteiger partial charge is 0.460 e. The Hall–Kier alpha value is -4.16. The maximum atomic E-state index is 14.7. The van der Waals surface area contributed by atoms with Crippen molar-refractivity contribution in [1.29, 1.82) is 0 Å². The van der Waals surface area contributed by atoms with Crippen molar-refractivity contribution in [2.45, 2.75) is 194 Å². The molecule has 0 unspecified atom stereocenters. The molecular weight excluding hydrogens is 1620 g/mol. The van der Waals surface area contributed by atoms with Crippen LogP contribution in [0.5, 0.6) is 0 Å². The molecular formula is C46H35F51O4S. The molecule has 1 aromatic rings. The number of benzene rings is 1. The van der Waals surface area contributed by atoms with Gasteiger partial charge in [-0.1, -0.05) is 24.3 Å². The van der Waals surface area contributed by atoms with Gasteiger partial charge in [0.15, 0.2) is 0 Å². The summed E-state index contributed by atoms with van der Waals surface area (Å²) in [6.07, 6.45) is -41.8. The second-order valence-corrected chi connectivity index (χ2v) is 21.7. The lowest BCUT2D eigenvalue weighted by Crippen LogP contribution is -2.74. The molecule has 0 heterocycles. The van der Waals surface area contributed by atoms with E-state index in [0.29, 0.717) is 0 Å². The average Bonchev–Trinajstić information content (AvgIpc) is 0.707. The molecule has 0 aliphatic carbocycles. The molecule has 0 radical (unpaired) electrons. The van der Waals surface area contributed by atoms with Crippen LogP contribution in [0.2, 0.25) is 0 Å². The van der Waals surface area contributed by atoms with Crippen LogP contribution in [0.15, 0.2) is 24.3 Å². The predicted molar refractivity (Wildman–Crippen MR) is 233 cm³/mol. The van der Waals surface area contributed by atoms with Gasteiger partial charge in [-0.3, -0.25) is 0 Å². The molecule has 606 valence electrons. The van der Waals surface area contributed by atoms with Crippen molar-refractivity contribution >= 4 is 12.6 Å². The summed E-state index contributed by atoms with van der Waals surface area (Å²) in [5.74, 6) is -182. The van der Waals surface area contributed by atoms with E-state index in [1.165, 1.54) is 6.07 Å². The lowest BCUT2D eigenvalue weighted by Gasteiger charge is -2.42. The summed E-state index contributed by atoms with van der Waals surface area (Å²) in [6.45, 7) is -15.0. The van der Waals surface area contributed by atoms with Gasteiger partial charge in [0.25, 0.3) is 0 Å². The molecule has 0 N–H and O–H groups in total. The van der Waals surface area contributed by atoms with Crippen LogP contribution in [0.25, 0.3) is 0 Å². The highest BCUT2D eigenvalue weighted by Gasteiger charge is 2.98. The van der Waals surface area contributed by atoms with Crippen LogP contribution in [-0.2, 0) is 31.3 Å². The number of ether oxygens (including phenoxy) is 4. The first kappa shape index (κ1) is 95.9. The third-order valence-corrected chi connectivity index (χ3v) is 14.1. The lowest BCUT2D eigenvalue weighted by atomic mass is 9.88. The summed E-state index contributed by atoms with van der Waals surface area (Å²) in [5, 5.41) is 0. The van der Waals surface area contributed by atoms with Crippen molar-refractivity contribution in [3.8, 4) is 0 Å². The second kappa shape index (κ2) is 29.1. The molecule has 0 saturated heterocycles. The van der Waals surface area contributed by atoms with Crippen molar-refractivity contribution in [3.05, 3.63) is 35.4 Å². The van der Waals surface area contributed by atoms with Crippen molar-refractivity contribution in [2.75, 3.05) is 46.2 Å². The van der Waals surface area contributed by atoms with Gasteiger partial charge in [-0.15, -0.1) is 0 Å². The summed E-state index contributed by atoms with van der Waals surface area (Å²) < 4.78 is 724. The Morgan fingerprint density at radius 1 is 0.235 bits per heavy atom. The van der Waals surface area contributed by atoms with Crippen LogP contribution in [0.3, 0.4) is 0 Å². The van der Waals surface area contributed by atoms with Gasteiger partial charge in [0.2, 0.25) is 0 Å². The SMILES string of the molecule is FC(F)(F)C(F)(F)C(F)(F)C(F)(F)C(F)(F)C(F)(F)C(F)(F)C(F)(F)CCCOCC(COCCCC(F)(F)C(F)(F)C(F)(F)C(F)(F)C(F)(F)C(F)(F)C(F)(F)C(F)(F)F)(COCCCC(F)(F)C(F)(F)C(F)(F)C(F)(F)C(F)(F)C(F)(F)C(F)(F)C(F)(F)F)COCc1cccc(CS)c1. The summed E-state index contributed by atoms with van der Waals surface area (Å²) >= 11 is 3.84. The minimum atomic E-state index is -9.16. The maximum Gasteiger partial charge on any atom is 0.460 e. The molecule has 0 spiro atoms. The van der Waals surface area contributed by atoms with Crippen molar-refractivity contribution < 1.29 is 243 Å². The van der Waals surface area contributed by atoms with Crippen LogP contribution in [0.4, 0.5) is 224 Å². The van der Waals surface area contributed by atoms with E-state index >= 15 is 0 Å². The van der Waals surface area contributed by atoms with Gasteiger partial charge in [-0.2, -0.15) is 237 Å². The molecule has 0 aliphatic heterocycles. The minimum Gasteiger partial charge on any atom is -0.381 e. The van der Waals surface area contributed by atoms with Gasteiger partial charge in [0.1, 0.15) is 0 Å². The van der Waals surface area contributed by atoms with Crippen LogP contribution >= 0.6 is 12.6 Å². The number of hydrogen-bond acceptors (Lipinski definition) is 5. The molecule has 0 atom stereocenters. The highest BCUT2D eigenvalue weighted by molar-refractivity contribution is 7.79. The Labute approximate surface area is 536 Å². The predicted octanol–water partition coefficient (Wildman–Crippen LogP) is 21.0. The Morgan fingerprint density at radius 3 is 0.627 bits per heavy atom. The Balaban J connectivity index is 4.01. The fourth-order valence-corrected chi connectivity index (χ4v) is 7.76. The van der Waals surface area contributed by atoms with Gasteiger partial charge >= 0.3 is 143 Å². The summed E-state index contributed by atoms with van der Waals surface area (Å²) in [6, 6.07) is 4.41. The summed E-state index contributed by atoms with van der Waals surface area (Å²) in [4.78, 5) is 0. The zero-order chi connectivity index (χ0) is 81.9. The van der Waals surface area contributed by atoms with E-state index in [1.807, 2.05) is 0 Å². The van der Waals surface area contributed by atoms with E-state index in [-0.39, 0.29) is 16.9 Å². The van der Waals surface area contributed by atoms with Crippen molar-refractivity contribution in [2.24, 2.45) is 5.41 Å². The third kappa shape index (κ3) is 15.8. The van der Waals surface area contributed by atoms with Gasteiger partial charge < -0.3 is 18.9 Å². The first-order valence-electron chi connectivity index (χ1n) is 25.5. The number of halogens is 51. The van der Waals surface area contributed by atoms with E-state index in [2.05, 4.69) is 26.8 Å². The standard InChI is InChI=1S/C46H35F51O4S/c47-23(48,26(53,54)29(59,60)32(65,66)35(71,72)38(77,78)41(83,84)44(89,90)91)7-2-10-98-16-22(19-101-14-20-5-1-6-21(13-20)15-102,17-99-11-3-8-24(49,50)27(55,56)30(61,62)33(67,68)36(73,74)39(79,80)42(85,86)45(92,93)94)18-100-12-4-9-25(51,52)28(57,58)31(63,64)34(69,70)37(75,76)40(81,82)43(87,88)46(95,96)97/h1,5-6,13,102H,2-4,7-12,14-19H2. The van der Waals surface area contributed by atoms with Crippen LogP contribution in [0, 0.1) is 5.41 Å². The third-order valence-electron chi connectivity index (χ3n) is 13.8. The number of hydrogen-bond donors (Lipinski definition) is 1. The van der Waals surface area contributed by atoms with Crippen molar-refractivity contribution in [3.63, 3.8) is 0 Å². The molecule has 56 heteroatoms. The van der Waals surface area contributed by atoms with E-state index < -0.39 is 240 Å². The lowest BCUT2D eigenvalue weighted by molar-refractivity contribution is -0.461. The molecule has 4 nitrogen and oxygen atoms in total. The number of rotatable bonds is 41. The molecule has 0 amide bonds. The van der Waals surface area contributed by atoms with Gasteiger partial charge in [-0.05, 0) is 30.4 Å². The van der Waals surface area contributed by atoms with Gasteiger partial charge in [-0.25, -0.2) is 0 Å². The maximum absolute atomic E-state index is 14.7. The van der Waals surface area contributed by atoms with Crippen molar-refractivity contribution in [1.82, 2.24) is 0 Å². The number of thiol groups is 1. The Kier molecular flexibility index (Phi) is 27.3. The number of alkyl halides is 51. The Bertz CT molecular complexity index is 2630. The van der Waals surface area contributed by atoms with Crippen LogP contribution in [0.1, 0.15) is 49.7 Å². The normalized spacial score (nSPS) is 16.2. The van der Waals surface area contributed by atoms with Gasteiger partial charge in [0.05, 0.1) is 38.4 Å². The highest BCUT2D eigenvalue weighted by atomic mass is 32.1. The summed E-state index contributed by atoms with van der Waals surface area (Å²) in [5.41, 5.74) is -3.12. The molecule has 0 aromatic heterocycles. The van der Waals surface area contributed by atoms with Crippen LogP contribution < -0.4 is 0 Å². The zero-order valence-electron chi connectivity index (χ0n) is 47.8. The highest BCUT2D eigenvalue weighted by Crippen LogP contribution is 2.68. The molecule has 1 rings (SSSR count). The van der Waals surface area contributed by atoms with E-state index in [9.17, 15) is 224 Å². The molecule has 0 saturated carbocycles. The Morgan fingerprint density at radius 2 is 0.422 bits per heavy atom. The second-order valence-electron chi connectivity index (χ2n) is 21.4. The monoisotopic (exact) mass is 1650 g/mol. The first-order chi connectivity index (χ1) is 44.4. The molecule has 0 fully saturated rings. The fraction of sp³-hybridized carbons (Fsp3) is 0.870. The quantitative estimate of drug-likeness (QED) is 0.0403. The minimum absolute atomic E-state index is 0.163. The fourth-order valence-electron chi connectivity index (χ4n) is 7.57. The van der Waals surface area contributed by atoms with E-state index in [1.54, 1.807) is 0 Å².